The first-order chi connectivity index (χ1) is 7.15. The van der Waals surface area contributed by atoms with Gasteiger partial charge in [-0.25, -0.2) is 4.98 Å². The minimum atomic E-state index is -0.870. The molecule has 0 aromatic carbocycles. The van der Waals surface area contributed by atoms with Crippen LogP contribution in [-0.4, -0.2) is 39.5 Å². The summed E-state index contributed by atoms with van der Waals surface area (Å²) in [5.41, 5.74) is 0.829. The minimum absolute atomic E-state index is 0.0378. The van der Waals surface area contributed by atoms with Gasteiger partial charge in [-0.3, -0.25) is 0 Å². The van der Waals surface area contributed by atoms with E-state index in [1.807, 2.05) is 13.8 Å². The van der Waals surface area contributed by atoms with Crippen molar-refractivity contribution in [1.29, 1.82) is 0 Å². The van der Waals surface area contributed by atoms with Crippen molar-refractivity contribution in [2.45, 2.75) is 26.4 Å². The molecule has 0 amide bonds. The van der Waals surface area contributed by atoms with E-state index in [0.717, 1.165) is 12.1 Å². The van der Waals surface area contributed by atoms with Crippen LogP contribution in [0.2, 0.25) is 0 Å². The van der Waals surface area contributed by atoms with Crippen LogP contribution in [0, 0.1) is 6.92 Å². The fourth-order valence-electron chi connectivity index (χ4n) is 1.07. The smallest absolute Gasteiger partial charge is 0.216 e. The van der Waals surface area contributed by atoms with Gasteiger partial charge in [-0.2, -0.15) is 4.98 Å². The topological polar surface area (TPSA) is 75.5 Å². The number of hydrogen-bond acceptors (Lipinski definition) is 5. The Hall–Kier alpha value is -1.20. The number of nitrogens with zero attached hydrogens (tertiary/aromatic N) is 2. The van der Waals surface area contributed by atoms with Gasteiger partial charge >= 0.3 is 0 Å². The molecule has 1 heterocycles. The zero-order valence-corrected chi connectivity index (χ0v) is 8.97. The molecule has 15 heavy (non-hydrogen) atoms. The summed E-state index contributed by atoms with van der Waals surface area (Å²) < 4.78 is 5.22. The van der Waals surface area contributed by atoms with Crippen molar-refractivity contribution in [3.8, 4) is 5.88 Å². The Kier molecular flexibility index (Phi) is 4.45. The highest BCUT2D eigenvalue weighted by Gasteiger charge is 2.05. The standard InChI is InChI=1S/C10H16N2O3/c1-3-9-11-7(2)4-10(12-9)15-6-8(14)5-13/h4,8,13-14H,3,5-6H2,1-2H3. The van der Waals surface area contributed by atoms with E-state index in [0.29, 0.717) is 11.7 Å². The molecule has 1 atom stereocenters. The molecule has 1 aromatic heterocycles. The molecular weight excluding hydrogens is 196 g/mol. The summed E-state index contributed by atoms with van der Waals surface area (Å²) in [4.78, 5) is 8.33. The highest BCUT2D eigenvalue weighted by molar-refractivity contribution is 5.15. The lowest BCUT2D eigenvalue weighted by molar-refractivity contribution is 0.0519. The van der Waals surface area contributed by atoms with Gasteiger partial charge in [0.1, 0.15) is 18.5 Å². The maximum Gasteiger partial charge on any atom is 0.216 e. The third-order valence-electron chi connectivity index (χ3n) is 1.83. The second kappa shape index (κ2) is 5.63. The molecule has 0 aliphatic carbocycles. The first-order valence-electron chi connectivity index (χ1n) is 4.92. The average Bonchev–Trinajstić information content (AvgIpc) is 2.25. The molecule has 0 aliphatic rings. The van der Waals surface area contributed by atoms with Crippen LogP contribution in [0.25, 0.3) is 0 Å². The van der Waals surface area contributed by atoms with Crippen molar-refractivity contribution in [3.63, 3.8) is 0 Å². The molecule has 1 rings (SSSR count). The number of aromatic nitrogens is 2. The van der Waals surface area contributed by atoms with Crippen molar-refractivity contribution in [2.75, 3.05) is 13.2 Å². The van der Waals surface area contributed by atoms with Crippen molar-refractivity contribution in [2.24, 2.45) is 0 Å². The molecule has 5 nitrogen and oxygen atoms in total. The fraction of sp³-hybridized carbons (Fsp3) is 0.600. The van der Waals surface area contributed by atoms with Crippen LogP contribution in [0.15, 0.2) is 6.07 Å². The number of hydrogen-bond donors (Lipinski definition) is 2. The molecule has 0 aliphatic heterocycles. The Morgan fingerprint density at radius 2 is 2.20 bits per heavy atom. The van der Waals surface area contributed by atoms with E-state index in [-0.39, 0.29) is 13.2 Å². The molecule has 2 N–H and O–H groups in total. The van der Waals surface area contributed by atoms with Gasteiger partial charge in [-0.1, -0.05) is 6.92 Å². The second-order valence-corrected chi connectivity index (χ2v) is 3.26. The van der Waals surface area contributed by atoms with E-state index in [2.05, 4.69) is 9.97 Å². The number of aliphatic hydroxyl groups is 2. The van der Waals surface area contributed by atoms with E-state index in [9.17, 15) is 0 Å². The molecule has 84 valence electrons. The van der Waals surface area contributed by atoms with E-state index in [1.165, 1.54) is 0 Å². The Bertz CT molecular complexity index is 318. The highest BCUT2D eigenvalue weighted by atomic mass is 16.5. The Balaban J connectivity index is 2.64. The van der Waals surface area contributed by atoms with E-state index in [1.54, 1.807) is 6.07 Å². The van der Waals surface area contributed by atoms with Gasteiger partial charge in [-0.15, -0.1) is 0 Å². The van der Waals surface area contributed by atoms with Crippen molar-refractivity contribution in [3.05, 3.63) is 17.6 Å². The van der Waals surface area contributed by atoms with Crippen LogP contribution in [0.4, 0.5) is 0 Å². The summed E-state index contributed by atoms with van der Waals surface area (Å²) in [7, 11) is 0. The van der Waals surface area contributed by atoms with Gasteiger partial charge in [-0.05, 0) is 6.92 Å². The van der Waals surface area contributed by atoms with Crippen molar-refractivity contribution < 1.29 is 14.9 Å². The molecule has 0 fully saturated rings. The van der Waals surface area contributed by atoms with Crippen LogP contribution >= 0.6 is 0 Å². The Morgan fingerprint density at radius 1 is 1.47 bits per heavy atom. The molecule has 5 heteroatoms. The Labute approximate surface area is 88.8 Å². The van der Waals surface area contributed by atoms with Crippen LogP contribution in [-0.2, 0) is 6.42 Å². The fourth-order valence-corrected chi connectivity index (χ4v) is 1.07. The van der Waals surface area contributed by atoms with Crippen LogP contribution in [0.1, 0.15) is 18.4 Å². The molecule has 1 unspecified atom stereocenters. The minimum Gasteiger partial charge on any atom is -0.475 e. The second-order valence-electron chi connectivity index (χ2n) is 3.26. The number of aliphatic hydroxyl groups excluding tert-OH is 2. The van der Waals surface area contributed by atoms with Crippen molar-refractivity contribution in [1.82, 2.24) is 9.97 Å². The monoisotopic (exact) mass is 212 g/mol. The highest BCUT2D eigenvalue weighted by Crippen LogP contribution is 2.09. The largest absolute Gasteiger partial charge is 0.475 e. The average molecular weight is 212 g/mol. The third-order valence-corrected chi connectivity index (χ3v) is 1.83. The summed E-state index contributed by atoms with van der Waals surface area (Å²) in [5.74, 6) is 1.15. The maximum absolute atomic E-state index is 9.10. The zero-order valence-electron chi connectivity index (χ0n) is 8.97. The van der Waals surface area contributed by atoms with E-state index < -0.39 is 6.10 Å². The number of aryl methyl sites for hydroxylation is 2. The maximum atomic E-state index is 9.10. The summed E-state index contributed by atoms with van der Waals surface area (Å²) in [6.45, 7) is 3.54. The quantitative estimate of drug-likeness (QED) is 0.723. The van der Waals surface area contributed by atoms with Gasteiger partial charge < -0.3 is 14.9 Å². The zero-order chi connectivity index (χ0) is 11.3. The van der Waals surface area contributed by atoms with Gasteiger partial charge in [0.2, 0.25) is 5.88 Å². The van der Waals surface area contributed by atoms with E-state index >= 15 is 0 Å². The SMILES string of the molecule is CCc1nc(C)cc(OCC(O)CO)n1. The van der Waals surface area contributed by atoms with Crippen LogP contribution < -0.4 is 4.74 Å². The molecule has 0 saturated carbocycles. The molecular formula is C10H16N2O3. The first kappa shape index (κ1) is 11.9. The predicted octanol–water partition coefficient (Wildman–Crippen LogP) is 0.0794. The van der Waals surface area contributed by atoms with Gasteiger partial charge in [0.25, 0.3) is 0 Å². The number of rotatable bonds is 5. The lowest BCUT2D eigenvalue weighted by Crippen LogP contribution is -2.21. The van der Waals surface area contributed by atoms with Gasteiger partial charge in [0, 0.05) is 18.2 Å². The van der Waals surface area contributed by atoms with Gasteiger partial charge in [0.15, 0.2) is 0 Å². The third kappa shape index (κ3) is 3.81. The van der Waals surface area contributed by atoms with Crippen LogP contribution in [0.5, 0.6) is 5.88 Å². The summed E-state index contributed by atoms with van der Waals surface area (Å²) in [6.07, 6.45) is -0.133. The molecule has 0 saturated heterocycles. The molecule has 0 spiro atoms. The lowest BCUT2D eigenvalue weighted by atomic mass is 10.4. The van der Waals surface area contributed by atoms with Crippen LogP contribution in [0.3, 0.4) is 0 Å². The molecule has 1 aromatic rings. The first-order valence-corrected chi connectivity index (χ1v) is 4.92. The normalized spacial score (nSPS) is 12.5. The van der Waals surface area contributed by atoms with Crippen molar-refractivity contribution >= 4 is 0 Å². The summed E-state index contributed by atoms with van der Waals surface area (Å²) in [5, 5.41) is 17.7. The lowest BCUT2D eigenvalue weighted by Gasteiger charge is -2.10. The summed E-state index contributed by atoms with van der Waals surface area (Å²) >= 11 is 0. The Morgan fingerprint density at radius 3 is 2.80 bits per heavy atom. The number of ether oxygens (including phenoxy) is 1. The molecule has 0 radical (unpaired) electrons. The van der Waals surface area contributed by atoms with E-state index in [4.69, 9.17) is 14.9 Å². The van der Waals surface area contributed by atoms with Gasteiger partial charge in [0.05, 0.1) is 6.61 Å². The molecule has 0 bridgehead atoms. The predicted molar refractivity (Wildman–Crippen MR) is 54.7 cm³/mol. The summed E-state index contributed by atoms with van der Waals surface area (Å²) in [6, 6.07) is 1.70.